The first-order valence-corrected chi connectivity index (χ1v) is 3.39. The summed E-state index contributed by atoms with van der Waals surface area (Å²) in [6.07, 6.45) is 0. The summed E-state index contributed by atoms with van der Waals surface area (Å²) in [5.74, 6) is 0. The fraction of sp³-hybridized carbons (Fsp3) is 1.00. The predicted molar refractivity (Wildman–Crippen MR) is 25.0 cm³/mol. The topological polar surface area (TPSA) is 66.8 Å². The van der Waals surface area contributed by atoms with Crippen LogP contribution in [0.4, 0.5) is 0 Å². The molecule has 0 fully saturated rings. The maximum Gasteiger partial charge on any atom is 1.00 e. The number of hydrogen-bond acceptors (Lipinski definition) is 2. The van der Waals surface area contributed by atoms with Crippen LogP contribution in [-0.4, -0.2) is 15.9 Å². The van der Waals surface area contributed by atoms with Crippen LogP contribution in [-0.2, 0) is 9.09 Å². The molecule has 0 aromatic carbocycles. The Balaban J connectivity index is -0.000000180. The SMILES string of the molecule is O=P(O)(O)OCCl.[H-].[K+]. The number of rotatable bonds is 2. The zero-order chi connectivity index (χ0) is 5.91. The molecule has 0 radical (unpaired) electrons. The summed E-state index contributed by atoms with van der Waals surface area (Å²) in [5.41, 5.74) is 0. The molecule has 0 unspecified atom stereocenters. The summed E-state index contributed by atoms with van der Waals surface area (Å²) < 4.78 is 13.3. The average Bonchev–Trinajstić information content (AvgIpc) is 1.30. The number of halogens is 1. The van der Waals surface area contributed by atoms with Gasteiger partial charge in [0.15, 0.2) is 0 Å². The summed E-state index contributed by atoms with van der Waals surface area (Å²) in [6.45, 7) is 0. The fourth-order valence-corrected chi connectivity index (χ4v) is 0.572. The summed E-state index contributed by atoms with van der Waals surface area (Å²) in [6, 6.07) is -0.482. The molecule has 0 aliphatic carbocycles. The van der Waals surface area contributed by atoms with Gasteiger partial charge in [-0.1, -0.05) is 11.6 Å². The Hall–Kier alpha value is 2.04. The van der Waals surface area contributed by atoms with Crippen molar-refractivity contribution in [1.29, 1.82) is 0 Å². The number of phosphoric ester groups is 1. The molecule has 0 spiro atoms. The minimum Gasteiger partial charge on any atom is -1.00 e. The van der Waals surface area contributed by atoms with E-state index in [0.29, 0.717) is 0 Å². The van der Waals surface area contributed by atoms with Crippen molar-refractivity contribution in [3.63, 3.8) is 0 Å². The number of phosphoric acid groups is 1. The molecule has 0 aromatic heterocycles. The monoisotopic (exact) mass is 186 g/mol. The molecule has 0 rings (SSSR count). The van der Waals surface area contributed by atoms with Gasteiger partial charge in [0.05, 0.1) is 0 Å². The van der Waals surface area contributed by atoms with Crippen LogP contribution in [0.1, 0.15) is 1.43 Å². The predicted octanol–water partition coefficient (Wildman–Crippen LogP) is -2.59. The second kappa shape index (κ2) is 5.79. The number of hydrogen-bond donors (Lipinski definition) is 2. The minimum absolute atomic E-state index is 0. The second-order valence-electron chi connectivity index (χ2n) is 0.729. The third kappa shape index (κ3) is 10.9. The van der Waals surface area contributed by atoms with Crippen LogP contribution in [0, 0.1) is 0 Å². The van der Waals surface area contributed by atoms with Gasteiger partial charge < -0.3 is 11.2 Å². The molecule has 2 N–H and O–H groups in total. The normalized spacial score (nSPS) is 10.4. The van der Waals surface area contributed by atoms with E-state index < -0.39 is 13.9 Å². The van der Waals surface area contributed by atoms with Crippen molar-refractivity contribution in [3.05, 3.63) is 0 Å². The molecule has 0 saturated carbocycles. The van der Waals surface area contributed by atoms with Gasteiger partial charge in [0, 0.05) is 0 Å². The summed E-state index contributed by atoms with van der Waals surface area (Å²) >= 11 is 4.77. The van der Waals surface area contributed by atoms with E-state index in [2.05, 4.69) is 4.52 Å². The Labute approximate surface area is 95.7 Å². The van der Waals surface area contributed by atoms with Gasteiger partial charge in [-0.05, 0) is 0 Å². The zero-order valence-electron chi connectivity index (χ0n) is 5.24. The first-order valence-electron chi connectivity index (χ1n) is 1.32. The van der Waals surface area contributed by atoms with Crippen molar-refractivity contribution in [2.24, 2.45) is 0 Å². The number of alkyl halides is 1. The molecular formula is CH5ClKO4P. The molecule has 8 heavy (non-hydrogen) atoms. The van der Waals surface area contributed by atoms with E-state index in [-0.39, 0.29) is 52.8 Å². The molecule has 4 nitrogen and oxygen atoms in total. The van der Waals surface area contributed by atoms with Crippen molar-refractivity contribution >= 4 is 19.4 Å². The molecule has 0 bridgehead atoms. The second-order valence-corrected chi connectivity index (χ2v) is 2.19. The zero-order valence-corrected chi connectivity index (χ0v) is 9.02. The van der Waals surface area contributed by atoms with Gasteiger partial charge in [-0.15, -0.1) is 0 Å². The summed E-state index contributed by atoms with van der Waals surface area (Å²) in [4.78, 5) is 15.6. The summed E-state index contributed by atoms with van der Waals surface area (Å²) in [5, 5.41) is 0. The molecule has 0 amide bonds. The van der Waals surface area contributed by atoms with Gasteiger partial charge in [0.25, 0.3) is 0 Å². The van der Waals surface area contributed by atoms with E-state index in [1.807, 2.05) is 0 Å². The van der Waals surface area contributed by atoms with E-state index in [1.54, 1.807) is 0 Å². The third-order valence-corrected chi connectivity index (χ3v) is 0.944. The van der Waals surface area contributed by atoms with Crippen LogP contribution in [0.25, 0.3) is 0 Å². The van der Waals surface area contributed by atoms with Crippen LogP contribution < -0.4 is 51.4 Å². The molecule has 46 valence electrons. The molecule has 0 heterocycles. The first-order chi connectivity index (χ1) is 3.06. The van der Waals surface area contributed by atoms with Gasteiger partial charge in [-0.3, -0.25) is 4.52 Å². The molecule has 0 saturated heterocycles. The van der Waals surface area contributed by atoms with Gasteiger partial charge in [0.2, 0.25) is 0 Å². The van der Waals surface area contributed by atoms with E-state index in [0.717, 1.165) is 0 Å². The Bertz CT molecular complexity index is 94.6. The molecule has 0 aliphatic heterocycles. The Kier molecular flexibility index (Phi) is 9.19. The van der Waals surface area contributed by atoms with Crippen LogP contribution in [0.2, 0.25) is 0 Å². The largest absolute Gasteiger partial charge is 1.00 e. The molecule has 0 atom stereocenters. The third-order valence-electron chi connectivity index (χ3n) is 0.217. The average molecular weight is 187 g/mol. The van der Waals surface area contributed by atoms with Crippen LogP contribution in [0.5, 0.6) is 0 Å². The van der Waals surface area contributed by atoms with E-state index in [4.69, 9.17) is 21.4 Å². The van der Waals surface area contributed by atoms with E-state index in [1.165, 1.54) is 0 Å². The molecular weight excluding hydrogens is 182 g/mol. The van der Waals surface area contributed by atoms with Crippen molar-refractivity contribution in [1.82, 2.24) is 0 Å². The van der Waals surface area contributed by atoms with E-state index in [9.17, 15) is 4.57 Å². The Morgan fingerprint density at radius 1 is 1.75 bits per heavy atom. The Morgan fingerprint density at radius 2 is 2.12 bits per heavy atom. The van der Waals surface area contributed by atoms with Crippen molar-refractivity contribution < 1.29 is 71.7 Å². The maximum atomic E-state index is 9.62. The quantitative estimate of drug-likeness (QED) is 0.282. The Morgan fingerprint density at radius 3 is 2.12 bits per heavy atom. The standard InChI is InChI=1S/CH4ClO4P.K.H/c2-1-6-7(3,4)5;;/h1H2,(H2,3,4,5);;/q;+1;-1. The van der Waals surface area contributed by atoms with Crippen molar-refractivity contribution in [3.8, 4) is 0 Å². The van der Waals surface area contributed by atoms with Gasteiger partial charge >= 0.3 is 59.2 Å². The van der Waals surface area contributed by atoms with Crippen molar-refractivity contribution in [2.45, 2.75) is 0 Å². The molecule has 7 heteroatoms. The fourth-order valence-electron chi connectivity index (χ4n) is 0.0636. The molecule has 0 aliphatic rings. The van der Waals surface area contributed by atoms with Gasteiger partial charge in [0.1, 0.15) is 6.07 Å². The van der Waals surface area contributed by atoms with Crippen molar-refractivity contribution in [2.75, 3.05) is 6.07 Å². The van der Waals surface area contributed by atoms with E-state index >= 15 is 0 Å². The maximum absolute atomic E-state index is 9.62. The van der Waals surface area contributed by atoms with Crippen LogP contribution >= 0.6 is 19.4 Å². The minimum atomic E-state index is -4.30. The van der Waals surface area contributed by atoms with Gasteiger partial charge in [-0.2, -0.15) is 0 Å². The first kappa shape index (κ1) is 12.7. The molecule has 0 aromatic rings. The van der Waals surface area contributed by atoms with Gasteiger partial charge in [-0.25, -0.2) is 4.57 Å². The smallest absolute Gasteiger partial charge is 1.00 e. The summed E-state index contributed by atoms with van der Waals surface area (Å²) in [7, 11) is -4.30. The van der Waals surface area contributed by atoms with Crippen LogP contribution in [0.3, 0.4) is 0 Å². The van der Waals surface area contributed by atoms with Crippen LogP contribution in [0.15, 0.2) is 0 Å².